The first-order valence-electron chi connectivity index (χ1n) is 7.80. The van der Waals surface area contributed by atoms with E-state index in [4.69, 9.17) is 0 Å². The van der Waals surface area contributed by atoms with E-state index in [2.05, 4.69) is 20.6 Å². The molecule has 7 heteroatoms. The van der Waals surface area contributed by atoms with E-state index >= 15 is 0 Å². The first-order valence-corrected chi connectivity index (χ1v) is 7.80. The van der Waals surface area contributed by atoms with Crippen molar-refractivity contribution in [2.24, 2.45) is 0 Å². The highest BCUT2D eigenvalue weighted by Crippen LogP contribution is 2.07. The van der Waals surface area contributed by atoms with Crippen molar-refractivity contribution in [1.82, 2.24) is 29.7 Å². The van der Waals surface area contributed by atoms with Gasteiger partial charge in [-0.05, 0) is 32.4 Å². The van der Waals surface area contributed by atoms with Crippen molar-refractivity contribution in [2.45, 2.75) is 33.2 Å². The third kappa shape index (κ3) is 3.23. The molecule has 0 saturated heterocycles. The largest absolute Gasteiger partial charge is 0.352 e. The number of nitrogens with zero attached hydrogens (tertiary/aromatic N) is 5. The Balaban J connectivity index is 1.53. The van der Waals surface area contributed by atoms with Gasteiger partial charge in [0.15, 0.2) is 5.65 Å². The third-order valence-electron chi connectivity index (χ3n) is 3.76. The Morgan fingerprint density at radius 1 is 1.30 bits per heavy atom. The van der Waals surface area contributed by atoms with Crippen LogP contribution < -0.4 is 5.32 Å². The average Bonchev–Trinajstić information content (AvgIpc) is 3.15. The van der Waals surface area contributed by atoms with E-state index in [0.717, 1.165) is 36.6 Å². The van der Waals surface area contributed by atoms with Gasteiger partial charge in [0, 0.05) is 31.9 Å². The quantitative estimate of drug-likeness (QED) is 0.702. The van der Waals surface area contributed by atoms with Crippen molar-refractivity contribution in [3.05, 3.63) is 47.7 Å². The Hall–Kier alpha value is -2.70. The molecule has 7 nitrogen and oxygen atoms in total. The van der Waals surface area contributed by atoms with Gasteiger partial charge in [0.1, 0.15) is 5.82 Å². The lowest BCUT2D eigenvalue weighted by atomic mass is 10.2. The van der Waals surface area contributed by atoms with Gasteiger partial charge in [0.2, 0.25) is 0 Å². The van der Waals surface area contributed by atoms with Crippen LogP contribution in [0.2, 0.25) is 0 Å². The standard InChI is InChI=1S/C16H20N6O/c1-3-21-11-13(12(2)20-21)16(23)17-9-6-8-15-19-18-14-7-4-5-10-22(14)15/h4-5,7,10-11H,3,6,8-9H2,1-2H3,(H,17,23). The van der Waals surface area contributed by atoms with Crippen molar-refractivity contribution < 1.29 is 4.79 Å². The van der Waals surface area contributed by atoms with Crippen LogP contribution in [0, 0.1) is 6.92 Å². The van der Waals surface area contributed by atoms with Gasteiger partial charge in [0.05, 0.1) is 11.3 Å². The summed E-state index contributed by atoms with van der Waals surface area (Å²) < 4.78 is 3.74. The van der Waals surface area contributed by atoms with Gasteiger partial charge in [-0.2, -0.15) is 5.10 Å². The van der Waals surface area contributed by atoms with Crippen LogP contribution in [0.5, 0.6) is 0 Å². The highest BCUT2D eigenvalue weighted by Gasteiger charge is 2.12. The number of carbonyl (C=O) groups is 1. The number of fused-ring (bicyclic) bond motifs is 1. The van der Waals surface area contributed by atoms with Crippen molar-refractivity contribution in [3.8, 4) is 0 Å². The molecule has 1 amide bonds. The number of carbonyl (C=O) groups excluding carboxylic acids is 1. The van der Waals surface area contributed by atoms with Gasteiger partial charge >= 0.3 is 0 Å². The van der Waals surface area contributed by atoms with Crippen LogP contribution in [0.25, 0.3) is 5.65 Å². The van der Waals surface area contributed by atoms with E-state index in [1.54, 1.807) is 10.9 Å². The van der Waals surface area contributed by atoms with E-state index in [1.165, 1.54) is 0 Å². The molecule has 0 aromatic carbocycles. The summed E-state index contributed by atoms with van der Waals surface area (Å²) in [5, 5.41) is 15.5. The molecule has 0 aliphatic carbocycles. The van der Waals surface area contributed by atoms with Crippen molar-refractivity contribution in [3.63, 3.8) is 0 Å². The van der Waals surface area contributed by atoms with Gasteiger partial charge in [-0.15, -0.1) is 10.2 Å². The zero-order valence-corrected chi connectivity index (χ0v) is 13.4. The minimum Gasteiger partial charge on any atom is -0.352 e. The van der Waals surface area contributed by atoms with E-state index in [-0.39, 0.29) is 5.91 Å². The van der Waals surface area contributed by atoms with Gasteiger partial charge in [-0.1, -0.05) is 6.07 Å². The number of rotatable bonds is 6. The fourth-order valence-electron chi connectivity index (χ4n) is 2.51. The fraction of sp³-hybridized carbons (Fsp3) is 0.375. The number of amides is 1. The monoisotopic (exact) mass is 312 g/mol. The summed E-state index contributed by atoms with van der Waals surface area (Å²) in [6.07, 6.45) is 5.31. The summed E-state index contributed by atoms with van der Waals surface area (Å²) in [6.45, 7) is 5.20. The maximum Gasteiger partial charge on any atom is 0.254 e. The second-order valence-electron chi connectivity index (χ2n) is 5.39. The van der Waals surface area contributed by atoms with Gasteiger partial charge in [-0.25, -0.2) is 0 Å². The summed E-state index contributed by atoms with van der Waals surface area (Å²) in [4.78, 5) is 12.2. The van der Waals surface area contributed by atoms with E-state index < -0.39 is 0 Å². The predicted molar refractivity (Wildman–Crippen MR) is 86.3 cm³/mol. The summed E-state index contributed by atoms with van der Waals surface area (Å²) in [6, 6.07) is 5.81. The molecule has 120 valence electrons. The lowest BCUT2D eigenvalue weighted by Crippen LogP contribution is -2.25. The zero-order chi connectivity index (χ0) is 16.2. The molecule has 0 spiro atoms. The van der Waals surface area contributed by atoms with Crippen LogP contribution in [0.1, 0.15) is 35.2 Å². The molecule has 0 unspecified atom stereocenters. The van der Waals surface area contributed by atoms with Crippen LogP contribution in [-0.4, -0.2) is 36.8 Å². The second-order valence-corrected chi connectivity index (χ2v) is 5.39. The second kappa shape index (κ2) is 6.60. The molecule has 23 heavy (non-hydrogen) atoms. The van der Waals surface area contributed by atoms with Crippen LogP contribution >= 0.6 is 0 Å². The number of hydrogen-bond donors (Lipinski definition) is 1. The maximum atomic E-state index is 12.2. The minimum atomic E-state index is -0.0756. The number of aryl methyl sites for hydroxylation is 3. The third-order valence-corrected chi connectivity index (χ3v) is 3.76. The summed E-state index contributed by atoms with van der Waals surface area (Å²) in [5.41, 5.74) is 2.24. The number of nitrogens with one attached hydrogen (secondary N) is 1. The number of aromatic nitrogens is 5. The molecule has 0 fully saturated rings. The van der Waals surface area contributed by atoms with E-state index in [9.17, 15) is 4.79 Å². The van der Waals surface area contributed by atoms with Crippen LogP contribution in [0.4, 0.5) is 0 Å². The number of hydrogen-bond acceptors (Lipinski definition) is 4. The lowest BCUT2D eigenvalue weighted by Gasteiger charge is -2.04. The molecular weight excluding hydrogens is 292 g/mol. The summed E-state index contributed by atoms with van der Waals surface area (Å²) >= 11 is 0. The molecule has 0 radical (unpaired) electrons. The molecule has 3 aromatic heterocycles. The normalized spacial score (nSPS) is 11.0. The van der Waals surface area contributed by atoms with Crippen LogP contribution in [-0.2, 0) is 13.0 Å². The van der Waals surface area contributed by atoms with Gasteiger partial charge in [-0.3, -0.25) is 13.9 Å². The Morgan fingerprint density at radius 2 is 2.17 bits per heavy atom. The Morgan fingerprint density at radius 3 is 2.96 bits per heavy atom. The zero-order valence-electron chi connectivity index (χ0n) is 13.4. The lowest BCUT2D eigenvalue weighted by molar-refractivity contribution is 0.0952. The smallest absolute Gasteiger partial charge is 0.254 e. The molecular formula is C16H20N6O. The van der Waals surface area contributed by atoms with Crippen molar-refractivity contribution in [2.75, 3.05) is 6.54 Å². The molecule has 1 N–H and O–H groups in total. The molecule has 3 heterocycles. The minimum absolute atomic E-state index is 0.0756. The Kier molecular flexibility index (Phi) is 4.36. The topological polar surface area (TPSA) is 77.1 Å². The summed E-state index contributed by atoms with van der Waals surface area (Å²) in [5.74, 6) is 0.832. The maximum absolute atomic E-state index is 12.2. The van der Waals surface area contributed by atoms with Crippen molar-refractivity contribution in [1.29, 1.82) is 0 Å². The molecule has 0 atom stereocenters. The fourth-order valence-corrected chi connectivity index (χ4v) is 2.51. The Bertz CT molecular complexity index is 819. The van der Waals surface area contributed by atoms with E-state index in [1.807, 2.05) is 42.6 Å². The molecule has 0 bridgehead atoms. The van der Waals surface area contributed by atoms with E-state index in [0.29, 0.717) is 12.1 Å². The van der Waals surface area contributed by atoms with Gasteiger partial charge < -0.3 is 5.32 Å². The molecule has 0 aliphatic rings. The predicted octanol–water partition coefficient (Wildman–Crippen LogP) is 1.62. The summed E-state index contributed by atoms with van der Waals surface area (Å²) in [7, 11) is 0. The molecule has 3 rings (SSSR count). The first-order chi connectivity index (χ1) is 11.2. The molecule has 0 saturated carbocycles. The highest BCUT2D eigenvalue weighted by atomic mass is 16.1. The molecule has 0 aliphatic heterocycles. The van der Waals surface area contributed by atoms with Gasteiger partial charge in [0.25, 0.3) is 5.91 Å². The van der Waals surface area contributed by atoms with Crippen LogP contribution in [0.15, 0.2) is 30.6 Å². The number of pyridine rings is 1. The first kappa shape index (κ1) is 15.2. The average molecular weight is 312 g/mol. The van der Waals surface area contributed by atoms with Crippen molar-refractivity contribution >= 4 is 11.6 Å². The molecule has 3 aromatic rings. The van der Waals surface area contributed by atoms with Crippen LogP contribution in [0.3, 0.4) is 0 Å². The SMILES string of the molecule is CCn1cc(C(=O)NCCCc2nnc3ccccn23)c(C)n1. The highest BCUT2D eigenvalue weighted by molar-refractivity contribution is 5.94. The Labute approximate surface area is 134 Å².